The number of fused-ring (bicyclic) bond motifs is 1. The Bertz CT molecular complexity index is 1300. The largest absolute Gasteiger partial charge is 0.484 e. The SMILES string of the molecule is CCOC(=O)c1ccc(NC(=O)CC2C(=O)Nc3ccccc3N2C(=O)COc2ccc(C)cc2)cc1. The summed E-state index contributed by atoms with van der Waals surface area (Å²) in [5.74, 6) is -1.34. The summed E-state index contributed by atoms with van der Waals surface area (Å²) in [5.41, 5.74) is 2.81. The summed E-state index contributed by atoms with van der Waals surface area (Å²) in [6.45, 7) is 3.62. The summed E-state index contributed by atoms with van der Waals surface area (Å²) in [4.78, 5) is 52.3. The highest BCUT2D eigenvalue weighted by atomic mass is 16.5. The van der Waals surface area contributed by atoms with Crippen LogP contribution in [0.1, 0.15) is 29.3 Å². The molecule has 4 rings (SSSR count). The minimum Gasteiger partial charge on any atom is -0.484 e. The van der Waals surface area contributed by atoms with Gasteiger partial charge in [-0.1, -0.05) is 29.8 Å². The number of ether oxygens (including phenoxy) is 2. The van der Waals surface area contributed by atoms with Crippen molar-refractivity contribution in [3.05, 3.63) is 83.9 Å². The van der Waals surface area contributed by atoms with Crippen LogP contribution < -0.4 is 20.3 Å². The van der Waals surface area contributed by atoms with Gasteiger partial charge < -0.3 is 20.1 Å². The number of hydrogen-bond donors (Lipinski definition) is 2. The zero-order chi connectivity index (χ0) is 26.4. The van der Waals surface area contributed by atoms with Gasteiger partial charge in [0.15, 0.2) is 6.61 Å². The van der Waals surface area contributed by atoms with Crippen molar-refractivity contribution in [3.8, 4) is 5.75 Å². The van der Waals surface area contributed by atoms with Crippen LogP contribution in [-0.4, -0.2) is 42.9 Å². The first-order valence-electron chi connectivity index (χ1n) is 11.8. The molecule has 9 heteroatoms. The molecule has 0 aromatic heterocycles. The Morgan fingerprint density at radius 2 is 1.68 bits per heavy atom. The lowest BCUT2D eigenvalue weighted by Crippen LogP contribution is -2.53. The molecule has 2 N–H and O–H groups in total. The van der Waals surface area contributed by atoms with Gasteiger partial charge in [0, 0.05) is 5.69 Å². The van der Waals surface area contributed by atoms with Crippen molar-refractivity contribution < 1.29 is 28.7 Å². The molecule has 3 amide bonds. The number of esters is 1. The van der Waals surface area contributed by atoms with E-state index in [9.17, 15) is 19.2 Å². The van der Waals surface area contributed by atoms with E-state index in [1.54, 1.807) is 55.5 Å². The maximum atomic E-state index is 13.3. The smallest absolute Gasteiger partial charge is 0.338 e. The fourth-order valence-electron chi connectivity index (χ4n) is 3.92. The molecular formula is C28H27N3O6. The summed E-state index contributed by atoms with van der Waals surface area (Å²) in [6, 6.07) is 19.3. The third-order valence-electron chi connectivity index (χ3n) is 5.75. The van der Waals surface area contributed by atoms with Gasteiger partial charge in [-0.3, -0.25) is 19.3 Å². The molecule has 1 atom stereocenters. The number of carbonyl (C=O) groups is 4. The van der Waals surface area contributed by atoms with Crippen LogP contribution in [0, 0.1) is 6.92 Å². The number of hydrogen-bond acceptors (Lipinski definition) is 6. The van der Waals surface area contributed by atoms with E-state index in [2.05, 4.69) is 10.6 Å². The van der Waals surface area contributed by atoms with Crippen molar-refractivity contribution >= 4 is 40.8 Å². The lowest BCUT2D eigenvalue weighted by Gasteiger charge is -2.36. The summed E-state index contributed by atoms with van der Waals surface area (Å²) in [6.07, 6.45) is -0.282. The molecule has 1 aliphatic rings. The van der Waals surface area contributed by atoms with Gasteiger partial charge in [-0.2, -0.15) is 0 Å². The Morgan fingerprint density at radius 1 is 0.973 bits per heavy atom. The highest BCUT2D eigenvalue weighted by Gasteiger charge is 2.38. The third kappa shape index (κ3) is 6.13. The lowest BCUT2D eigenvalue weighted by atomic mass is 10.0. The number of benzene rings is 3. The first-order valence-corrected chi connectivity index (χ1v) is 11.8. The predicted molar refractivity (Wildman–Crippen MR) is 139 cm³/mol. The summed E-state index contributed by atoms with van der Waals surface area (Å²) in [5, 5.41) is 5.49. The molecule has 0 spiro atoms. The number of nitrogens with one attached hydrogen (secondary N) is 2. The number of anilines is 3. The Kier molecular flexibility index (Phi) is 7.83. The second-order valence-corrected chi connectivity index (χ2v) is 8.44. The number of aryl methyl sites for hydroxylation is 1. The number of carbonyl (C=O) groups excluding carboxylic acids is 4. The Balaban J connectivity index is 1.49. The van der Waals surface area contributed by atoms with Gasteiger partial charge in [-0.05, 0) is 62.4 Å². The fraction of sp³-hybridized carbons (Fsp3) is 0.214. The average molecular weight is 502 g/mol. The van der Waals surface area contributed by atoms with Crippen LogP contribution in [0.3, 0.4) is 0 Å². The second-order valence-electron chi connectivity index (χ2n) is 8.44. The molecule has 190 valence electrons. The van der Waals surface area contributed by atoms with Gasteiger partial charge in [0.1, 0.15) is 11.8 Å². The molecule has 0 saturated heterocycles. The van der Waals surface area contributed by atoms with E-state index in [0.717, 1.165) is 5.56 Å². The second kappa shape index (κ2) is 11.4. The molecule has 0 bridgehead atoms. The highest BCUT2D eigenvalue weighted by Crippen LogP contribution is 2.33. The summed E-state index contributed by atoms with van der Waals surface area (Å²) in [7, 11) is 0. The quantitative estimate of drug-likeness (QED) is 0.452. The normalized spacial score (nSPS) is 14.3. The Labute approximate surface area is 214 Å². The van der Waals surface area contributed by atoms with Crippen molar-refractivity contribution in [2.45, 2.75) is 26.3 Å². The van der Waals surface area contributed by atoms with Gasteiger partial charge in [0.25, 0.3) is 5.91 Å². The van der Waals surface area contributed by atoms with Crippen molar-refractivity contribution in [2.75, 3.05) is 28.7 Å². The van der Waals surface area contributed by atoms with E-state index >= 15 is 0 Å². The first kappa shape index (κ1) is 25.4. The van der Waals surface area contributed by atoms with Crippen LogP contribution in [0.15, 0.2) is 72.8 Å². The molecule has 0 radical (unpaired) electrons. The standard InChI is InChI=1S/C28H27N3O6/c1-3-36-28(35)19-10-12-20(13-11-19)29-25(32)16-24-27(34)30-22-6-4-5-7-23(22)31(24)26(33)17-37-21-14-8-18(2)9-15-21/h4-15,24H,3,16-17H2,1-2H3,(H,29,32)(H,30,34). The van der Waals surface area contributed by atoms with Crippen LogP contribution in [-0.2, 0) is 19.1 Å². The summed E-state index contributed by atoms with van der Waals surface area (Å²) >= 11 is 0. The molecule has 0 saturated carbocycles. The van der Waals surface area contributed by atoms with Crippen molar-refractivity contribution in [1.29, 1.82) is 0 Å². The zero-order valence-electron chi connectivity index (χ0n) is 20.5. The predicted octanol–water partition coefficient (Wildman–Crippen LogP) is 3.93. The molecular weight excluding hydrogens is 474 g/mol. The molecule has 1 unspecified atom stereocenters. The molecule has 3 aromatic rings. The van der Waals surface area contributed by atoms with Gasteiger partial charge in [0.05, 0.1) is 30.0 Å². The first-order chi connectivity index (χ1) is 17.9. The zero-order valence-corrected chi connectivity index (χ0v) is 20.5. The monoisotopic (exact) mass is 501 g/mol. The van der Waals surface area contributed by atoms with E-state index in [0.29, 0.717) is 28.4 Å². The third-order valence-corrected chi connectivity index (χ3v) is 5.75. The highest BCUT2D eigenvalue weighted by molar-refractivity contribution is 6.14. The van der Waals surface area contributed by atoms with Gasteiger partial charge >= 0.3 is 5.97 Å². The molecule has 1 aliphatic heterocycles. The molecule has 37 heavy (non-hydrogen) atoms. The fourth-order valence-corrected chi connectivity index (χ4v) is 3.92. The number of para-hydroxylation sites is 2. The van der Waals surface area contributed by atoms with Crippen LogP contribution in [0.25, 0.3) is 0 Å². The van der Waals surface area contributed by atoms with Crippen molar-refractivity contribution in [2.24, 2.45) is 0 Å². The van der Waals surface area contributed by atoms with E-state index in [-0.39, 0.29) is 19.6 Å². The number of nitrogens with zero attached hydrogens (tertiary/aromatic N) is 1. The van der Waals surface area contributed by atoms with E-state index in [1.165, 1.54) is 17.0 Å². The van der Waals surface area contributed by atoms with E-state index in [4.69, 9.17) is 9.47 Å². The number of rotatable bonds is 8. The van der Waals surface area contributed by atoms with Crippen molar-refractivity contribution in [3.63, 3.8) is 0 Å². The molecule has 0 aliphatic carbocycles. The van der Waals surface area contributed by atoms with Crippen LogP contribution >= 0.6 is 0 Å². The van der Waals surface area contributed by atoms with E-state index < -0.39 is 29.7 Å². The molecule has 9 nitrogen and oxygen atoms in total. The van der Waals surface area contributed by atoms with Crippen LogP contribution in [0.5, 0.6) is 5.75 Å². The topological polar surface area (TPSA) is 114 Å². The number of amides is 3. The van der Waals surface area contributed by atoms with Gasteiger partial charge in [0.2, 0.25) is 11.8 Å². The maximum Gasteiger partial charge on any atom is 0.338 e. The molecule has 3 aromatic carbocycles. The van der Waals surface area contributed by atoms with Crippen LogP contribution in [0.4, 0.5) is 17.1 Å². The lowest BCUT2D eigenvalue weighted by molar-refractivity contribution is -0.127. The van der Waals surface area contributed by atoms with Crippen LogP contribution in [0.2, 0.25) is 0 Å². The molecule has 1 heterocycles. The minimum atomic E-state index is -1.08. The maximum absolute atomic E-state index is 13.3. The summed E-state index contributed by atoms with van der Waals surface area (Å²) < 4.78 is 10.6. The molecule has 0 fully saturated rings. The van der Waals surface area contributed by atoms with Gasteiger partial charge in [-0.25, -0.2) is 4.79 Å². The Hall–Kier alpha value is -4.66. The Morgan fingerprint density at radius 3 is 2.38 bits per heavy atom. The van der Waals surface area contributed by atoms with E-state index in [1.807, 2.05) is 19.1 Å². The minimum absolute atomic E-state index is 0.259. The van der Waals surface area contributed by atoms with Crippen molar-refractivity contribution in [1.82, 2.24) is 0 Å². The average Bonchev–Trinajstić information content (AvgIpc) is 2.89. The van der Waals surface area contributed by atoms with Gasteiger partial charge in [-0.15, -0.1) is 0 Å².